The fourth-order valence-corrected chi connectivity index (χ4v) is 4.01. The molecule has 0 amide bonds. The summed E-state index contributed by atoms with van der Waals surface area (Å²) in [6.45, 7) is 0. The lowest BCUT2D eigenvalue weighted by molar-refractivity contribution is 0.599. The second-order valence-electron chi connectivity index (χ2n) is 5.71. The number of aromatic amines is 1. The number of aromatic nitrogens is 1. The van der Waals surface area contributed by atoms with Gasteiger partial charge < -0.3 is 4.98 Å². The van der Waals surface area contributed by atoms with Crippen molar-refractivity contribution in [2.24, 2.45) is 0 Å². The zero-order chi connectivity index (χ0) is 18.1. The van der Waals surface area contributed by atoms with E-state index in [4.69, 9.17) is 0 Å². The van der Waals surface area contributed by atoms with Gasteiger partial charge in [-0.3, -0.25) is 4.72 Å². The number of anilines is 1. The molecule has 2 N–H and O–H groups in total. The monoisotopic (exact) mass is 364 g/mol. The van der Waals surface area contributed by atoms with Crippen molar-refractivity contribution >= 4 is 26.6 Å². The topological polar surface area (TPSA) is 62.0 Å². The molecule has 3 aromatic carbocycles. The first kappa shape index (κ1) is 16.2. The number of para-hydroxylation sites is 1. The number of fused-ring (bicyclic) bond motifs is 1. The van der Waals surface area contributed by atoms with Gasteiger partial charge in [-0.25, -0.2) is 8.42 Å². The molecule has 128 valence electrons. The minimum Gasteiger partial charge on any atom is -0.360 e. The molecule has 4 aromatic rings. The van der Waals surface area contributed by atoms with Gasteiger partial charge in [-0.05, 0) is 29.8 Å². The van der Waals surface area contributed by atoms with Crippen LogP contribution in [0.15, 0.2) is 71.8 Å². The molecule has 26 heavy (non-hydrogen) atoms. The summed E-state index contributed by atoms with van der Waals surface area (Å²) in [6, 6.07) is 22.3. The van der Waals surface area contributed by atoms with Crippen molar-refractivity contribution in [1.29, 1.82) is 0 Å². The zero-order valence-corrected chi connectivity index (χ0v) is 14.3. The largest absolute Gasteiger partial charge is 0.360 e. The molecule has 0 unspecified atom stereocenters. The molecule has 4 nitrogen and oxygen atoms in total. The first-order chi connectivity index (χ1) is 12.5. The summed E-state index contributed by atoms with van der Waals surface area (Å²) < 4.78 is 42.1. The standard InChI is InChI=1S/C20H13FN2O2S/c21-17-10-9-16(14-5-2-1-3-6-14)13-18(17)23-26(24,25)19-8-4-7-15-11-12-22-20(15)19/h1-8,11-13,22-23H. The average molecular weight is 364 g/mol. The molecule has 0 saturated heterocycles. The lowest BCUT2D eigenvalue weighted by atomic mass is 10.1. The molecule has 0 aliphatic rings. The van der Waals surface area contributed by atoms with E-state index in [2.05, 4.69) is 21.8 Å². The number of nitrogens with one attached hydrogen (secondary N) is 2. The maximum atomic E-state index is 14.2. The number of hydrogen-bond donors (Lipinski definition) is 2. The normalized spacial score (nSPS) is 11.3. The summed E-state index contributed by atoms with van der Waals surface area (Å²) in [6.07, 6.45) is 1.66. The highest BCUT2D eigenvalue weighted by molar-refractivity contribution is 7.93. The molecule has 0 atom stereocenters. The zero-order valence-electron chi connectivity index (χ0n) is 13.5. The number of benzene rings is 2. The third-order valence-corrected chi connectivity index (χ3v) is 5.41. The van der Waals surface area contributed by atoms with E-state index in [0.29, 0.717) is 11.1 Å². The second kappa shape index (κ2) is 6.21. The highest BCUT2D eigenvalue weighted by Crippen LogP contribution is 2.27. The van der Waals surface area contributed by atoms with Crippen LogP contribution in [0.5, 0.6) is 0 Å². The summed E-state index contributed by atoms with van der Waals surface area (Å²) in [7, 11) is -3.99. The van der Waals surface area contributed by atoms with E-state index in [-0.39, 0.29) is 10.6 Å². The van der Waals surface area contributed by atoms with Crippen molar-refractivity contribution in [3.63, 3.8) is 0 Å². The van der Waals surface area contributed by atoms with Crippen LogP contribution in [0.2, 0.25) is 0 Å². The Morgan fingerprint density at radius 2 is 1.77 bits per heavy atom. The first-order valence-corrected chi connectivity index (χ1v) is 9.31. The molecular weight excluding hydrogens is 351 g/mol. The molecule has 6 heteroatoms. The number of rotatable bonds is 4. The minimum atomic E-state index is -3.99. The number of sulfonamides is 1. The number of H-pyrrole nitrogens is 1. The molecule has 0 radical (unpaired) electrons. The van der Waals surface area contributed by atoms with Gasteiger partial charge in [0.15, 0.2) is 5.82 Å². The molecule has 1 aromatic heterocycles. The van der Waals surface area contributed by atoms with E-state index >= 15 is 0 Å². The van der Waals surface area contributed by atoms with Crippen LogP contribution < -0.4 is 4.72 Å². The van der Waals surface area contributed by atoms with Gasteiger partial charge in [0, 0.05) is 17.1 Å². The molecule has 0 saturated carbocycles. The fourth-order valence-electron chi connectivity index (χ4n) is 2.76. The molecule has 0 fully saturated rings. The van der Waals surface area contributed by atoms with Gasteiger partial charge in [-0.1, -0.05) is 48.5 Å². The molecule has 4 rings (SSSR count). The Balaban J connectivity index is 1.76. The molecular formula is C20H13FN2O2S. The Kier molecular flexibility index (Phi) is 3.86. The molecule has 1 heterocycles. The van der Waals surface area contributed by atoms with Crippen molar-refractivity contribution in [2.45, 2.75) is 4.90 Å². The SMILES string of the molecule is O=S(=O)(Nc1cc(-c2ccccc2)c#cc1F)c1cccc2cc[nH]c12. The smallest absolute Gasteiger partial charge is 0.264 e. The van der Waals surface area contributed by atoms with Crippen LogP contribution in [0.4, 0.5) is 10.1 Å². The van der Waals surface area contributed by atoms with Gasteiger partial charge in [-0.15, -0.1) is 0 Å². The van der Waals surface area contributed by atoms with E-state index in [0.717, 1.165) is 10.9 Å². The summed E-state index contributed by atoms with van der Waals surface area (Å²) in [5, 5.41) is 0.756. The highest BCUT2D eigenvalue weighted by Gasteiger charge is 2.20. The highest BCUT2D eigenvalue weighted by atomic mass is 32.2. The van der Waals surface area contributed by atoms with Crippen molar-refractivity contribution in [3.05, 3.63) is 84.8 Å². The first-order valence-electron chi connectivity index (χ1n) is 7.82. The summed E-state index contributed by atoms with van der Waals surface area (Å²) >= 11 is 0. The van der Waals surface area contributed by atoms with Gasteiger partial charge >= 0.3 is 0 Å². The van der Waals surface area contributed by atoms with Crippen molar-refractivity contribution in [1.82, 2.24) is 4.98 Å². The lowest BCUT2D eigenvalue weighted by Gasteiger charge is -2.10. The third kappa shape index (κ3) is 2.89. The van der Waals surface area contributed by atoms with Crippen LogP contribution in [0.3, 0.4) is 0 Å². The molecule has 0 aliphatic carbocycles. The number of halogens is 1. The van der Waals surface area contributed by atoms with Gasteiger partial charge in [0.25, 0.3) is 10.0 Å². The Morgan fingerprint density at radius 3 is 2.58 bits per heavy atom. The fraction of sp³-hybridized carbons (Fsp3) is 0. The van der Waals surface area contributed by atoms with Crippen LogP contribution in [0, 0.1) is 17.9 Å². The molecule has 0 spiro atoms. The van der Waals surface area contributed by atoms with Crippen LogP contribution in [0.1, 0.15) is 0 Å². The Bertz CT molecular complexity index is 1180. The quantitative estimate of drug-likeness (QED) is 0.565. The van der Waals surface area contributed by atoms with Gasteiger partial charge in [0.2, 0.25) is 0 Å². The van der Waals surface area contributed by atoms with Gasteiger partial charge in [0.05, 0.1) is 11.2 Å². The Hall–Kier alpha value is -3.30. The van der Waals surface area contributed by atoms with Crippen molar-refractivity contribution < 1.29 is 12.8 Å². The van der Waals surface area contributed by atoms with Gasteiger partial charge in [-0.2, -0.15) is 4.39 Å². The predicted octanol–water partition coefficient (Wildman–Crippen LogP) is 4.38. The lowest BCUT2D eigenvalue weighted by Crippen LogP contribution is -2.14. The molecule has 0 aliphatic heterocycles. The van der Waals surface area contributed by atoms with Crippen molar-refractivity contribution in [3.8, 4) is 11.1 Å². The average Bonchev–Trinajstić information content (AvgIpc) is 3.12. The molecule has 0 bridgehead atoms. The summed E-state index contributed by atoms with van der Waals surface area (Å²) in [5.41, 5.74) is 1.62. The van der Waals surface area contributed by atoms with Crippen LogP contribution >= 0.6 is 0 Å². The minimum absolute atomic E-state index is 0.0495. The van der Waals surface area contributed by atoms with E-state index in [1.807, 2.05) is 30.3 Å². The van der Waals surface area contributed by atoms with E-state index in [1.54, 1.807) is 24.4 Å². The number of hydrogen-bond acceptors (Lipinski definition) is 2. The maximum absolute atomic E-state index is 14.2. The Morgan fingerprint density at radius 1 is 0.962 bits per heavy atom. The maximum Gasteiger partial charge on any atom is 0.264 e. The third-order valence-electron chi connectivity index (χ3n) is 4.00. The van der Waals surface area contributed by atoms with Crippen LogP contribution in [0.25, 0.3) is 22.0 Å². The predicted molar refractivity (Wildman–Crippen MR) is 98.6 cm³/mol. The van der Waals surface area contributed by atoms with Gasteiger partial charge in [0.1, 0.15) is 4.90 Å². The van der Waals surface area contributed by atoms with Crippen LogP contribution in [-0.4, -0.2) is 13.4 Å². The van der Waals surface area contributed by atoms with E-state index < -0.39 is 15.8 Å². The second-order valence-corrected chi connectivity index (χ2v) is 7.36. The van der Waals surface area contributed by atoms with E-state index in [9.17, 15) is 12.8 Å². The Labute approximate surface area is 150 Å². The van der Waals surface area contributed by atoms with E-state index in [1.165, 1.54) is 12.1 Å². The van der Waals surface area contributed by atoms with Crippen molar-refractivity contribution in [2.75, 3.05) is 4.72 Å². The van der Waals surface area contributed by atoms with Crippen LogP contribution in [-0.2, 0) is 10.0 Å². The summed E-state index contributed by atoms with van der Waals surface area (Å²) in [4.78, 5) is 2.95. The summed E-state index contributed by atoms with van der Waals surface area (Å²) in [5.74, 6) is -0.813.